The van der Waals surface area contributed by atoms with E-state index in [0.717, 1.165) is 77.3 Å². The standard InChI is InChI=1S/C38H38N8O4/c39-36-29(19-30(43-44-36)27-6-1-2-9-33(27)47)25-20-41-45(22-25)21-23-10-12-26(13-11-23)50-18-16-24-5-3-8-31-35(24)28-7-4-17-40-37(28)46(31)32-14-15-34(48)42-38(32)49/h1-9,17,19-20,22-23,26,32,47H,10-16,18,21H2,(H2,39,44)(H,42,48,49)/t23-,26-,32?. The predicted molar refractivity (Wildman–Crippen MR) is 189 cm³/mol. The highest BCUT2D eigenvalue weighted by atomic mass is 16.5. The summed E-state index contributed by atoms with van der Waals surface area (Å²) in [6, 6.07) is 18.6. The number of rotatable bonds is 9. The van der Waals surface area contributed by atoms with Crippen molar-refractivity contribution in [1.82, 2.24) is 34.8 Å². The molecule has 0 radical (unpaired) electrons. The third-order valence-electron chi connectivity index (χ3n) is 10.1. The molecule has 12 nitrogen and oxygen atoms in total. The number of phenolic OH excluding ortho intramolecular Hbond substituents is 1. The predicted octanol–water partition coefficient (Wildman–Crippen LogP) is 5.59. The minimum absolute atomic E-state index is 0.137. The van der Waals surface area contributed by atoms with Crippen molar-refractivity contribution in [3.05, 3.63) is 84.8 Å². The normalized spacial score (nSPS) is 19.6. The summed E-state index contributed by atoms with van der Waals surface area (Å²) in [5.41, 5.74) is 11.8. The summed E-state index contributed by atoms with van der Waals surface area (Å²) in [7, 11) is 0. The summed E-state index contributed by atoms with van der Waals surface area (Å²) in [4.78, 5) is 29.4. The highest BCUT2D eigenvalue weighted by molar-refractivity contribution is 6.10. The molecule has 254 valence electrons. The molecule has 2 amide bonds. The fraction of sp³-hybridized carbons (Fsp3) is 0.316. The molecule has 1 unspecified atom stereocenters. The highest BCUT2D eigenvalue weighted by Gasteiger charge is 2.31. The summed E-state index contributed by atoms with van der Waals surface area (Å²) in [5, 5.41) is 27.8. The van der Waals surface area contributed by atoms with Crippen molar-refractivity contribution < 1.29 is 19.4 Å². The number of ether oxygens (including phenoxy) is 1. The molecule has 4 N–H and O–H groups in total. The van der Waals surface area contributed by atoms with Crippen molar-refractivity contribution in [2.45, 2.75) is 63.6 Å². The molecule has 5 heterocycles. The number of nitrogens with zero attached hydrogens (tertiary/aromatic N) is 6. The van der Waals surface area contributed by atoms with E-state index in [-0.39, 0.29) is 23.7 Å². The van der Waals surface area contributed by atoms with Crippen LogP contribution >= 0.6 is 0 Å². The summed E-state index contributed by atoms with van der Waals surface area (Å²) in [5.74, 6) is 0.435. The number of nitrogens with two attached hydrogens (primary N) is 1. The first-order valence-electron chi connectivity index (χ1n) is 17.2. The zero-order valence-electron chi connectivity index (χ0n) is 27.5. The molecule has 2 aliphatic rings. The molecule has 1 saturated carbocycles. The molecule has 1 aliphatic heterocycles. The lowest BCUT2D eigenvalue weighted by Crippen LogP contribution is -2.41. The number of aromatic hydroxyl groups is 1. The first-order valence-corrected chi connectivity index (χ1v) is 17.2. The number of anilines is 1. The third kappa shape index (κ3) is 6.07. The van der Waals surface area contributed by atoms with Gasteiger partial charge in [0, 0.05) is 52.8 Å². The quantitative estimate of drug-likeness (QED) is 0.166. The number of nitrogens with one attached hydrogen (secondary N) is 1. The van der Waals surface area contributed by atoms with Gasteiger partial charge >= 0.3 is 0 Å². The first kappa shape index (κ1) is 31.6. The molecule has 12 heteroatoms. The molecule has 1 aliphatic carbocycles. The van der Waals surface area contributed by atoms with E-state index in [4.69, 9.17) is 10.5 Å². The lowest BCUT2D eigenvalue weighted by atomic mass is 9.87. The number of hydrogen-bond donors (Lipinski definition) is 3. The Morgan fingerprint density at radius 2 is 1.82 bits per heavy atom. The summed E-state index contributed by atoms with van der Waals surface area (Å²) < 4.78 is 10.4. The second-order valence-electron chi connectivity index (χ2n) is 13.3. The van der Waals surface area contributed by atoms with Gasteiger partial charge in [-0.15, -0.1) is 10.2 Å². The Morgan fingerprint density at radius 3 is 2.66 bits per heavy atom. The number of imide groups is 1. The second-order valence-corrected chi connectivity index (χ2v) is 13.3. The molecule has 2 aromatic carbocycles. The van der Waals surface area contributed by atoms with Gasteiger partial charge in [-0.05, 0) is 86.4 Å². The Hall–Kier alpha value is -5.62. The molecule has 6 aromatic rings. The topological polar surface area (TPSA) is 163 Å². The number of nitrogen functional groups attached to an aromatic ring is 1. The first-order chi connectivity index (χ1) is 24.4. The lowest BCUT2D eigenvalue weighted by molar-refractivity contribution is -0.135. The Kier molecular flexibility index (Phi) is 8.45. The number of carbonyl (C=O) groups excluding carboxylic acids is 2. The van der Waals surface area contributed by atoms with Crippen LogP contribution in [-0.2, 0) is 27.3 Å². The van der Waals surface area contributed by atoms with Gasteiger partial charge in [0.25, 0.3) is 0 Å². The van der Waals surface area contributed by atoms with Crippen molar-refractivity contribution in [3.63, 3.8) is 0 Å². The number of aromatic nitrogens is 6. The van der Waals surface area contributed by atoms with Crippen LogP contribution in [0.5, 0.6) is 5.75 Å². The smallest absolute Gasteiger partial charge is 0.249 e. The number of amides is 2. The van der Waals surface area contributed by atoms with Crippen LogP contribution in [0.1, 0.15) is 50.1 Å². The number of pyridine rings is 1. The zero-order valence-corrected chi connectivity index (χ0v) is 27.5. The molecule has 2 fully saturated rings. The van der Waals surface area contributed by atoms with Gasteiger partial charge in [0.05, 0.1) is 30.1 Å². The molecule has 0 spiro atoms. The van der Waals surface area contributed by atoms with Gasteiger partial charge in [-0.3, -0.25) is 19.6 Å². The largest absolute Gasteiger partial charge is 0.507 e. The average Bonchev–Trinajstić information content (AvgIpc) is 3.73. The maximum atomic E-state index is 12.9. The maximum Gasteiger partial charge on any atom is 0.249 e. The Morgan fingerprint density at radius 1 is 0.960 bits per heavy atom. The highest BCUT2D eigenvalue weighted by Crippen LogP contribution is 2.36. The van der Waals surface area contributed by atoms with E-state index < -0.39 is 6.04 Å². The fourth-order valence-corrected chi connectivity index (χ4v) is 7.59. The molecule has 50 heavy (non-hydrogen) atoms. The van der Waals surface area contributed by atoms with Crippen LogP contribution in [0, 0.1) is 5.92 Å². The van der Waals surface area contributed by atoms with Gasteiger partial charge < -0.3 is 20.1 Å². The van der Waals surface area contributed by atoms with Gasteiger partial charge in [0.2, 0.25) is 11.8 Å². The number of phenols is 1. The van der Waals surface area contributed by atoms with Gasteiger partial charge in [-0.25, -0.2) is 4.98 Å². The number of para-hydroxylation sites is 1. The van der Waals surface area contributed by atoms with Crippen LogP contribution in [0.3, 0.4) is 0 Å². The fourth-order valence-electron chi connectivity index (χ4n) is 7.59. The minimum atomic E-state index is -0.480. The second kappa shape index (κ2) is 13.4. The molecule has 4 aromatic heterocycles. The Balaban J connectivity index is 0.890. The van der Waals surface area contributed by atoms with Crippen molar-refractivity contribution in [2.75, 3.05) is 12.3 Å². The monoisotopic (exact) mass is 670 g/mol. The van der Waals surface area contributed by atoms with Gasteiger partial charge in [-0.2, -0.15) is 5.10 Å². The van der Waals surface area contributed by atoms with Gasteiger partial charge in [0.1, 0.15) is 17.4 Å². The molecule has 1 atom stereocenters. The van der Waals surface area contributed by atoms with Crippen LogP contribution in [0.25, 0.3) is 44.3 Å². The van der Waals surface area contributed by atoms with Crippen LogP contribution < -0.4 is 11.1 Å². The molecular weight excluding hydrogens is 632 g/mol. The van der Waals surface area contributed by atoms with E-state index in [1.807, 2.05) is 45.8 Å². The van der Waals surface area contributed by atoms with E-state index in [2.05, 4.69) is 37.7 Å². The molecule has 8 rings (SSSR count). The maximum absolute atomic E-state index is 12.9. The Bertz CT molecular complexity index is 2220. The SMILES string of the molecule is Nc1nnc(-c2ccccc2O)cc1-c1cnn(C[C@H]2CC[C@H](OCCc3cccc4c3c3cccnc3n4C3CCC(=O)NC3=O)CC2)c1. The summed E-state index contributed by atoms with van der Waals surface area (Å²) in [6.07, 6.45) is 11.4. The Labute approximate surface area is 288 Å². The van der Waals surface area contributed by atoms with E-state index in [1.54, 1.807) is 30.6 Å². The van der Waals surface area contributed by atoms with Gasteiger partial charge in [-0.1, -0.05) is 24.3 Å². The van der Waals surface area contributed by atoms with E-state index in [0.29, 0.717) is 42.4 Å². The molecule has 1 saturated heterocycles. The van der Waals surface area contributed by atoms with Crippen molar-refractivity contribution in [2.24, 2.45) is 5.92 Å². The number of carbonyl (C=O) groups is 2. The van der Waals surface area contributed by atoms with Crippen molar-refractivity contribution >= 4 is 39.6 Å². The van der Waals surface area contributed by atoms with Crippen LogP contribution in [0.15, 0.2) is 79.3 Å². The number of piperidine rings is 1. The van der Waals surface area contributed by atoms with E-state index >= 15 is 0 Å². The van der Waals surface area contributed by atoms with Crippen LogP contribution in [0.4, 0.5) is 5.82 Å². The van der Waals surface area contributed by atoms with Crippen LogP contribution in [-0.4, -0.2) is 59.2 Å². The number of benzene rings is 2. The summed E-state index contributed by atoms with van der Waals surface area (Å²) in [6.45, 7) is 1.41. The third-order valence-corrected chi connectivity index (χ3v) is 10.1. The van der Waals surface area contributed by atoms with Crippen molar-refractivity contribution in [3.8, 4) is 28.1 Å². The number of hydrogen-bond acceptors (Lipinski definition) is 9. The minimum Gasteiger partial charge on any atom is -0.507 e. The van der Waals surface area contributed by atoms with E-state index in [9.17, 15) is 14.7 Å². The van der Waals surface area contributed by atoms with Crippen molar-refractivity contribution in [1.29, 1.82) is 0 Å². The van der Waals surface area contributed by atoms with E-state index in [1.165, 1.54) is 0 Å². The zero-order chi connectivity index (χ0) is 34.2. The molecular formula is C38H38N8O4. The lowest BCUT2D eigenvalue weighted by Gasteiger charge is -2.28. The van der Waals surface area contributed by atoms with Gasteiger partial charge in [0.15, 0.2) is 5.82 Å². The average molecular weight is 671 g/mol. The summed E-state index contributed by atoms with van der Waals surface area (Å²) >= 11 is 0. The molecule has 0 bridgehead atoms. The van der Waals surface area contributed by atoms with Crippen LogP contribution in [0.2, 0.25) is 0 Å². The number of fused-ring (bicyclic) bond motifs is 3.